The lowest BCUT2D eigenvalue weighted by atomic mass is 9.98. The standard InChI is InChI=1S/C12H21NO/c1-3-9-13-10-11(2)14-12-7-5-4-6-8-12/h1,11-13H,4-10H2,2H3. The molecule has 14 heavy (non-hydrogen) atoms. The molecule has 0 aliphatic heterocycles. The number of rotatable bonds is 5. The summed E-state index contributed by atoms with van der Waals surface area (Å²) in [6.07, 6.45) is 12.4. The van der Waals surface area contributed by atoms with Crippen LogP contribution in [0.1, 0.15) is 39.0 Å². The molecule has 0 aromatic rings. The Morgan fingerprint density at radius 1 is 1.43 bits per heavy atom. The van der Waals surface area contributed by atoms with Crippen LogP contribution in [-0.4, -0.2) is 25.3 Å². The average Bonchev–Trinajstić information content (AvgIpc) is 2.20. The fraction of sp³-hybridized carbons (Fsp3) is 0.833. The van der Waals surface area contributed by atoms with Crippen LogP contribution in [0.5, 0.6) is 0 Å². The maximum atomic E-state index is 5.91. The second-order valence-corrected chi connectivity index (χ2v) is 4.04. The quantitative estimate of drug-likeness (QED) is 0.535. The van der Waals surface area contributed by atoms with Crippen LogP contribution in [0.2, 0.25) is 0 Å². The number of terminal acetylenes is 1. The van der Waals surface area contributed by atoms with Gasteiger partial charge in [0.05, 0.1) is 18.8 Å². The molecule has 1 aliphatic rings. The summed E-state index contributed by atoms with van der Waals surface area (Å²) in [5.41, 5.74) is 0. The van der Waals surface area contributed by atoms with Crippen LogP contribution in [0, 0.1) is 12.3 Å². The maximum Gasteiger partial charge on any atom is 0.0675 e. The molecule has 2 nitrogen and oxygen atoms in total. The monoisotopic (exact) mass is 195 g/mol. The Hall–Kier alpha value is -0.520. The van der Waals surface area contributed by atoms with E-state index >= 15 is 0 Å². The fourth-order valence-electron chi connectivity index (χ4n) is 1.93. The van der Waals surface area contributed by atoms with Gasteiger partial charge in [-0.3, -0.25) is 0 Å². The van der Waals surface area contributed by atoms with Crippen molar-refractivity contribution < 1.29 is 4.74 Å². The van der Waals surface area contributed by atoms with E-state index in [1.807, 2.05) is 0 Å². The van der Waals surface area contributed by atoms with Gasteiger partial charge >= 0.3 is 0 Å². The Balaban J connectivity index is 2.06. The van der Waals surface area contributed by atoms with E-state index in [0.717, 1.165) is 6.54 Å². The second kappa shape index (κ2) is 6.86. The lowest BCUT2D eigenvalue weighted by Gasteiger charge is -2.25. The van der Waals surface area contributed by atoms with Crippen LogP contribution < -0.4 is 5.32 Å². The van der Waals surface area contributed by atoms with Crippen LogP contribution in [-0.2, 0) is 4.74 Å². The van der Waals surface area contributed by atoms with Crippen molar-refractivity contribution in [3.8, 4) is 12.3 Å². The van der Waals surface area contributed by atoms with E-state index in [1.54, 1.807) is 0 Å². The molecule has 0 aromatic carbocycles. The second-order valence-electron chi connectivity index (χ2n) is 4.04. The molecule has 1 aliphatic carbocycles. The predicted octanol–water partition coefficient (Wildman–Crippen LogP) is 1.95. The largest absolute Gasteiger partial charge is 0.374 e. The number of nitrogens with one attached hydrogen (secondary N) is 1. The van der Waals surface area contributed by atoms with Gasteiger partial charge in [-0.15, -0.1) is 6.42 Å². The van der Waals surface area contributed by atoms with Crippen molar-refractivity contribution in [1.82, 2.24) is 5.32 Å². The molecule has 1 saturated carbocycles. The van der Waals surface area contributed by atoms with Crippen molar-refractivity contribution in [3.05, 3.63) is 0 Å². The third kappa shape index (κ3) is 4.64. The summed E-state index contributed by atoms with van der Waals surface area (Å²) in [5.74, 6) is 2.56. The minimum absolute atomic E-state index is 0.284. The predicted molar refractivity (Wildman–Crippen MR) is 59.1 cm³/mol. The van der Waals surface area contributed by atoms with Gasteiger partial charge in [0.1, 0.15) is 0 Å². The summed E-state index contributed by atoms with van der Waals surface area (Å²) in [5, 5.41) is 3.16. The van der Waals surface area contributed by atoms with Crippen LogP contribution >= 0.6 is 0 Å². The van der Waals surface area contributed by atoms with Crippen LogP contribution in [0.3, 0.4) is 0 Å². The maximum absolute atomic E-state index is 5.91. The molecule has 1 unspecified atom stereocenters. The van der Waals surface area contributed by atoms with Crippen LogP contribution in [0.25, 0.3) is 0 Å². The molecule has 0 bridgehead atoms. The molecule has 1 fully saturated rings. The molecule has 0 spiro atoms. The minimum atomic E-state index is 0.284. The topological polar surface area (TPSA) is 21.3 Å². The van der Waals surface area contributed by atoms with E-state index in [-0.39, 0.29) is 6.10 Å². The van der Waals surface area contributed by atoms with E-state index in [9.17, 15) is 0 Å². The zero-order chi connectivity index (χ0) is 10.2. The van der Waals surface area contributed by atoms with Crippen molar-refractivity contribution in [3.63, 3.8) is 0 Å². The molecule has 0 radical (unpaired) electrons. The third-order valence-corrected chi connectivity index (χ3v) is 2.64. The van der Waals surface area contributed by atoms with Crippen LogP contribution in [0.4, 0.5) is 0 Å². The molecule has 0 amide bonds. The molecular weight excluding hydrogens is 174 g/mol. The zero-order valence-electron chi connectivity index (χ0n) is 9.09. The zero-order valence-corrected chi connectivity index (χ0v) is 9.09. The summed E-state index contributed by atoms with van der Waals surface area (Å²) in [7, 11) is 0. The molecule has 1 atom stereocenters. The first-order valence-corrected chi connectivity index (χ1v) is 5.62. The highest BCUT2D eigenvalue weighted by Gasteiger charge is 2.16. The van der Waals surface area contributed by atoms with E-state index in [2.05, 4.69) is 18.2 Å². The first-order chi connectivity index (χ1) is 6.83. The average molecular weight is 195 g/mol. The van der Waals surface area contributed by atoms with Crippen LogP contribution in [0.15, 0.2) is 0 Å². The first-order valence-electron chi connectivity index (χ1n) is 5.62. The van der Waals surface area contributed by atoms with Crippen molar-refractivity contribution in [1.29, 1.82) is 0 Å². The third-order valence-electron chi connectivity index (χ3n) is 2.64. The first kappa shape index (κ1) is 11.6. The van der Waals surface area contributed by atoms with Gasteiger partial charge in [-0.25, -0.2) is 0 Å². The van der Waals surface area contributed by atoms with Crippen molar-refractivity contribution in [2.75, 3.05) is 13.1 Å². The normalized spacial score (nSPS) is 20.3. The van der Waals surface area contributed by atoms with Gasteiger partial charge in [0, 0.05) is 6.54 Å². The Morgan fingerprint density at radius 3 is 2.79 bits per heavy atom. The van der Waals surface area contributed by atoms with Gasteiger partial charge in [-0.05, 0) is 19.8 Å². The number of hydrogen-bond donors (Lipinski definition) is 1. The van der Waals surface area contributed by atoms with Crippen molar-refractivity contribution in [2.24, 2.45) is 0 Å². The Kier molecular flexibility index (Phi) is 5.66. The fourth-order valence-corrected chi connectivity index (χ4v) is 1.93. The number of hydrogen-bond acceptors (Lipinski definition) is 2. The lowest BCUT2D eigenvalue weighted by molar-refractivity contribution is -0.0193. The molecule has 0 heterocycles. The molecular formula is C12H21NO. The summed E-state index contributed by atoms with van der Waals surface area (Å²) in [4.78, 5) is 0. The molecule has 1 N–H and O–H groups in total. The summed E-state index contributed by atoms with van der Waals surface area (Å²) in [6.45, 7) is 3.61. The van der Waals surface area contributed by atoms with Gasteiger partial charge < -0.3 is 10.1 Å². The Bertz CT molecular complexity index is 179. The molecule has 0 saturated heterocycles. The van der Waals surface area contributed by atoms with Gasteiger partial charge in [-0.2, -0.15) is 0 Å². The van der Waals surface area contributed by atoms with Gasteiger partial charge in [0.2, 0.25) is 0 Å². The van der Waals surface area contributed by atoms with E-state index in [0.29, 0.717) is 12.6 Å². The van der Waals surface area contributed by atoms with E-state index in [1.165, 1.54) is 32.1 Å². The van der Waals surface area contributed by atoms with Gasteiger partial charge in [0.15, 0.2) is 0 Å². The summed E-state index contributed by atoms with van der Waals surface area (Å²) in [6, 6.07) is 0. The highest BCUT2D eigenvalue weighted by Crippen LogP contribution is 2.21. The summed E-state index contributed by atoms with van der Waals surface area (Å²) >= 11 is 0. The van der Waals surface area contributed by atoms with E-state index < -0.39 is 0 Å². The summed E-state index contributed by atoms with van der Waals surface area (Å²) < 4.78 is 5.91. The lowest BCUT2D eigenvalue weighted by Crippen LogP contribution is -2.31. The molecule has 1 rings (SSSR count). The van der Waals surface area contributed by atoms with Gasteiger partial charge in [0.25, 0.3) is 0 Å². The van der Waals surface area contributed by atoms with Crippen molar-refractivity contribution >= 4 is 0 Å². The van der Waals surface area contributed by atoms with Gasteiger partial charge in [-0.1, -0.05) is 25.2 Å². The molecule has 0 aromatic heterocycles. The Morgan fingerprint density at radius 2 is 2.14 bits per heavy atom. The smallest absolute Gasteiger partial charge is 0.0675 e. The SMILES string of the molecule is C#CCNCC(C)OC1CCCCC1. The molecule has 80 valence electrons. The number of ether oxygens (including phenoxy) is 1. The molecule has 2 heteroatoms. The minimum Gasteiger partial charge on any atom is -0.374 e. The van der Waals surface area contributed by atoms with E-state index in [4.69, 9.17) is 11.2 Å². The highest BCUT2D eigenvalue weighted by molar-refractivity contribution is 4.86. The Labute approximate surface area is 87.4 Å². The van der Waals surface area contributed by atoms with Crippen molar-refractivity contribution in [2.45, 2.75) is 51.2 Å². The highest BCUT2D eigenvalue weighted by atomic mass is 16.5.